The van der Waals surface area contributed by atoms with Gasteiger partial charge in [-0.3, -0.25) is 9.36 Å². The number of nitrogens with one attached hydrogen (secondary N) is 1. The Labute approximate surface area is 140 Å². The number of rotatable bonds is 3. The molecule has 22 heavy (non-hydrogen) atoms. The molecule has 0 saturated carbocycles. The molecule has 0 bridgehead atoms. The van der Waals surface area contributed by atoms with Crippen molar-refractivity contribution in [2.45, 2.75) is 6.92 Å². The summed E-state index contributed by atoms with van der Waals surface area (Å²) in [5.74, 6) is 1.14. The molecule has 0 aliphatic heterocycles. The van der Waals surface area contributed by atoms with Gasteiger partial charge in [0.1, 0.15) is 5.82 Å². The SMILES string of the molecule is Cc1nccn1-c1ncc(NC(=O)c2ccccc2I)cn1. The van der Waals surface area contributed by atoms with Gasteiger partial charge < -0.3 is 5.32 Å². The lowest BCUT2D eigenvalue weighted by Crippen LogP contribution is -2.14. The van der Waals surface area contributed by atoms with E-state index in [1.54, 1.807) is 35.4 Å². The molecule has 2 aromatic heterocycles. The Kier molecular flexibility index (Phi) is 4.14. The summed E-state index contributed by atoms with van der Waals surface area (Å²) in [6, 6.07) is 7.39. The third-order valence-corrected chi connectivity index (χ3v) is 4.00. The molecule has 0 spiro atoms. The third-order valence-electron chi connectivity index (χ3n) is 3.06. The normalized spacial score (nSPS) is 10.5. The molecule has 3 aromatic rings. The molecule has 0 atom stereocenters. The van der Waals surface area contributed by atoms with Crippen LogP contribution in [0.2, 0.25) is 0 Å². The number of aromatic nitrogens is 4. The number of halogens is 1. The van der Waals surface area contributed by atoms with E-state index in [1.165, 1.54) is 0 Å². The lowest BCUT2D eigenvalue weighted by atomic mass is 10.2. The number of imidazole rings is 1. The topological polar surface area (TPSA) is 72.7 Å². The van der Waals surface area contributed by atoms with Gasteiger partial charge in [0.25, 0.3) is 5.91 Å². The maximum absolute atomic E-state index is 12.2. The minimum Gasteiger partial charge on any atom is -0.319 e. The Bertz CT molecular complexity index is 813. The molecule has 1 N–H and O–H groups in total. The van der Waals surface area contributed by atoms with E-state index >= 15 is 0 Å². The largest absolute Gasteiger partial charge is 0.319 e. The smallest absolute Gasteiger partial charge is 0.256 e. The van der Waals surface area contributed by atoms with Crippen LogP contribution in [0.4, 0.5) is 5.69 Å². The van der Waals surface area contributed by atoms with Crippen molar-refractivity contribution in [3.63, 3.8) is 0 Å². The summed E-state index contributed by atoms with van der Waals surface area (Å²) in [4.78, 5) is 24.8. The van der Waals surface area contributed by atoms with Crippen LogP contribution in [0.25, 0.3) is 5.95 Å². The highest BCUT2D eigenvalue weighted by Crippen LogP contribution is 2.14. The summed E-state index contributed by atoms with van der Waals surface area (Å²) in [5, 5.41) is 2.79. The second-order valence-electron chi connectivity index (χ2n) is 4.55. The molecule has 0 aliphatic carbocycles. The zero-order valence-corrected chi connectivity index (χ0v) is 13.9. The van der Waals surface area contributed by atoms with Crippen molar-refractivity contribution in [2.24, 2.45) is 0 Å². The summed E-state index contributed by atoms with van der Waals surface area (Å²) < 4.78 is 2.66. The van der Waals surface area contributed by atoms with E-state index in [0.717, 1.165) is 9.39 Å². The maximum atomic E-state index is 12.2. The van der Waals surface area contributed by atoms with Crippen LogP contribution in [-0.2, 0) is 0 Å². The number of carbonyl (C=O) groups is 1. The predicted octanol–water partition coefficient (Wildman–Crippen LogP) is 2.83. The summed E-state index contributed by atoms with van der Waals surface area (Å²) in [7, 11) is 0. The van der Waals surface area contributed by atoms with Gasteiger partial charge in [0.15, 0.2) is 0 Å². The van der Waals surface area contributed by atoms with Crippen molar-refractivity contribution < 1.29 is 4.79 Å². The van der Waals surface area contributed by atoms with Gasteiger partial charge in [0.2, 0.25) is 5.95 Å². The molecule has 110 valence electrons. The number of hydrogen-bond donors (Lipinski definition) is 1. The number of carbonyl (C=O) groups excluding carboxylic acids is 1. The Hall–Kier alpha value is -2.29. The molecular weight excluding hydrogens is 393 g/mol. The highest BCUT2D eigenvalue weighted by molar-refractivity contribution is 14.1. The van der Waals surface area contributed by atoms with Crippen LogP contribution < -0.4 is 5.32 Å². The standard InChI is InChI=1S/C15H12IN5O/c1-10-17-6-7-21(10)15-18-8-11(9-19-15)20-14(22)12-4-2-3-5-13(12)16/h2-9H,1H3,(H,20,22). The zero-order valence-electron chi connectivity index (χ0n) is 11.7. The van der Waals surface area contributed by atoms with E-state index in [9.17, 15) is 4.79 Å². The molecular formula is C15H12IN5O. The van der Waals surface area contributed by atoms with Crippen LogP contribution in [0.15, 0.2) is 49.1 Å². The quantitative estimate of drug-likeness (QED) is 0.681. The van der Waals surface area contributed by atoms with Crippen molar-refractivity contribution in [2.75, 3.05) is 5.32 Å². The average molecular weight is 405 g/mol. The number of amides is 1. The molecule has 2 heterocycles. The van der Waals surface area contributed by atoms with Gasteiger partial charge in [-0.05, 0) is 41.6 Å². The number of hydrogen-bond acceptors (Lipinski definition) is 4. The Morgan fingerprint density at radius 1 is 1.18 bits per heavy atom. The molecule has 0 unspecified atom stereocenters. The average Bonchev–Trinajstić information content (AvgIpc) is 2.94. The summed E-state index contributed by atoms with van der Waals surface area (Å²) in [6.45, 7) is 1.87. The van der Waals surface area contributed by atoms with Crippen LogP contribution >= 0.6 is 22.6 Å². The summed E-state index contributed by atoms with van der Waals surface area (Å²) in [5.41, 5.74) is 1.17. The van der Waals surface area contributed by atoms with Crippen LogP contribution in [0.3, 0.4) is 0 Å². The molecule has 0 fully saturated rings. The summed E-state index contributed by atoms with van der Waals surface area (Å²) >= 11 is 2.13. The lowest BCUT2D eigenvalue weighted by Gasteiger charge is -2.07. The van der Waals surface area contributed by atoms with Crippen molar-refractivity contribution in [1.29, 1.82) is 0 Å². The first-order valence-corrected chi connectivity index (χ1v) is 7.61. The van der Waals surface area contributed by atoms with E-state index < -0.39 is 0 Å². The maximum Gasteiger partial charge on any atom is 0.256 e. The van der Waals surface area contributed by atoms with Crippen molar-refractivity contribution in [1.82, 2.24) is 19.5 Å². The summed E-state index contributed by atoms with van der Waals surface area (Å²) in [6.07, 6.45) is 6.63. The fourth-order valence-electron chi connectivity index (χ4n) is 1.94. The molecule has 6 nitrogen and oxygen atoms in total. The Morgan fingerprint density at radius 3 is 2.55 bits per heavy atom. The fourth-order valence-corrected chi connectivity index (χ4v) is 2.58. The molecule has 7 heteroatoms. The number of nitrogens with zero attached hydrogens (tertiary/aromatic N) is 4. The first kappa shape index (κ1) is 14.6. The number of anilines is 1. The zero-order chi connectivity index (χ0) is 15.5. The Balaban J connectivity index is 1.78. The minimum absolute atomic E-state index is 0.180. The minimum atomic E-state index is -0.180. The van der Waals surface area contributed by atoms with E-state index in [-0.39, 0.29) is 5.91 Å². The number of benzene rings is 1. The number of aryl methyl sites for hydroxylation is 1. The van der Waals surface area contributed by atoms with Gasteiger partial charge in [0, 0.05) is 16.0 Å². The van der Waals surface area contributed by atoms with Gasteiger partial charge >= 0.3 is 0 Å². The predicted molar refractivity (Wildman–Crippen MR) is 91.0 cm³/mol. The van der Waals surface area contributed by atoms with E-state index in [0.29, 0.717) is 17.2 Å². The third kappa shape index (κ3) is 2.98. The van der Waals surface area contributed by atoms with Crippen molar-refractivity contribution >= 4 is 34.2 Å². The van der Waals surface area contributed by atoms with E-state index in [4.69, 9.17) is 0 Å². The monoisotopic (exact) mass is 405 g/mol. The van der Waals surface area contributed by atoms with Gasteiger partial charge in [-0.1, -0.05) is 12.1 Å². The second kappa shape index (κ2) is 6.22. The van der Waals surface area contributed by atoms with Gasteiger partial charge in [-0.2, -0.15) is 0 Å². The van der Waals surface area contributed by atoms with Gasteiger partial charge in [-0.25, -0.2) is 15.0 Å². The molecule has 1 aromatic carbocycles. The van der Waals surface area contributed by atoms with Crippen LogP contribution in [0.5, 0.6) is 0 Å². The molecule has 0 radical (unpaired) electrons. The van der Waals surface area contributed by atoms with Crippen LogP contribution in [-0.4, -0.2) is 25.4 Å². The van der Waals surface area contributed by atoms with Crippen molar-refractivity contribution in [3.8, 4) is 5.95 Å². The lowest BCUT2D eigenvalue weighted by molar-refractivity contribution is 0.102. The molecule has 0 aliphatic rings. The first-order valence-electron chi connectivity index (χ1n) is 6.53. The molecule has 1 amide bonds. The second-order valence-corrected chi connectivity index (χ2v) is 5.71. The van der Waals surface area contributed by atoms with Crippen LogP contribution in [0.1, 0.15) is 16.2 Å². The highest BCUT2D eigenvalue weighted by atomic mass is 127. The van der Waals surface area contributed by atoms with Crippen LogP contribution in [0, 0.1) is 10.5 Å². The Morgan fingerprint density at radius 2 is 1.91 bits per heavy atom. The van der Waals surface area contributed by atoms with Gasteiger partial charge in [0.05, 0.1) is 23.6 Å². The van der Waals surface area contributed by atoms with Gasteiger partial charge in [-0.15, -0.1) is 0 Å². The fraction of sp³-hybridized carbons (Fsp3) is 0.0667. The molecule has 0 saturated heterocycles. The first-order chi connectivity index (χ1) is 10.6. The van der Waals surface area contributed by atoms with E-state index in [2.05, 4.69) is 42.9 Å². The highest BCUT2D eigenvalue weighted by Gasteiger charge is 2.10. The molecule has 3 rings (SSSR count). The van der Waals surface area contributed by atoms with Crippen molar-refractivity contribution in [3.05, 3.63) is 64.0 Å². The van der Waals surface area contributed by atoms with E-state index in [1.807, 2.05) is 25.1 Å².